The zero-order valence-electron chi connectivity index (χ0n) is 11.9. The molecule has 110 valence electrons. The molecule has 2 rings (SSSR count). The summed E-state index contributed by atoms with van der Waals surface area (Å²) in [5.41, 5.74) is 1.61. The van der Waals surface area contributed by atoms with Crippen LogP contribution in [-0.4, -0.2) is 39.2 Å². The van der Waals surface area contributed by atoms with Gasteiger partial charge in [-0.3, -0.25) is 14.7 Å². The number of nitrogens with zero attached hydrogens (tertiary/aromatic N) is 2. The van der Waals surface area contributed by atoms with E-state index in [1.807, 2.05) is 6.92 Å². The zero-order chi connectivity index (χ0) is 14.5. The number of hydrogen-bond donors (Lipinski definition) is 2. The number of aliphatic carboxylic acids is 1. The first-order valence-electron chi connectivity index (χ1n) is 7.14. The molecule has 1 aliphatic heterocycles. The van der Waals surface area contributed by atoms with Crippen LogP contribution in [0.5, 0.6) is 5.75 Å². The maximum atomic E-state index is 10.6. The van der Waals surface area contributed by atoms with E-state index in [4.69, 9.17) is 5.11 Å². The third-order valence-electron chi connectivity index (χ3n) is 3.83. The number of carbonyl (C=O) groups is 1. The average molecular weight is 278 g/mol. The summed E-state index contributed by atoms with van der Waals surface area (Å²) in [4.78, 5) is 17.3. The van der Waals surface area contributed by atoms with Gasteiger partial charge in [0.1, 0.15) is 5.75 Å². The molecule has 1 saturated heterocycles. The summed E-state index contributed by atoms with van der Waals surface area (Å²) in [5, 5.41) is 18.6. The van der Waals surface area contributed by atoms with Gasteiger partial charge in [0.05, 0.1) is 5.69 Å². The number of piperidine rings is 1. The topological polar surface area (TPSA) is 73.7 Å². The molecule has 2 heterocycles. The van der Waals surface area contributed by atoms with Crippen molar-refractivity contribution in [2.75, 3.05) is 13.1 Å². The SMILES string of the molecule is Cc1ccc(O)c(CN2CCCC(CCC(=O)O)C2)n1. The fourth-order valence-corrected chi connectivity index (χ4v) is 2.79. The highest BCUT2D eigenvalue weighted by Gasteiger charge is 2.21. The molecular formula is C15H22N2O3. The Morgan fingerprint density at radius 3 is 3.05 bits per heavy atom. The van der Waals surface area contributed by atoms with Gasteiger partial charge in [0, 0.05) is 25.2 Å². The Bertz CT molecular complexity index is 476. The Morgan fingerprint density at radius 1 is 1.50 bits per heavy atom. The summed E-state index contributed by atoms with van der Waals surface area (Å²) in [6.07, 6.45) is 3.15. The van der Waals surface area contributed by atoms with Gasteiger partial charge in [-0.1, -0.05) is 0 Å². The van der Waals surface area contributed by atoms with Crippen molar-refractivity contribution in [3.8, 4) is 5.75 Å². The summed E-state index contributed by atoms with van der Waals surface area (Å²) in [5.74, 6) is -0.0461. The van der Waals surface area contributed by atoms with Crippen molar-refractivity contribution in [3.63, 3.8) is 0 Å². The first-order chi connectivity index (χ1) is 9.54. The Hall–Kier alpha value is -1.62. The molecule has 1 atom stereocenters. The van der Waals surface area contributed by atoms with Gasteiger partial charge in [0.2, 0.25) is 0 Å². The number of aryl methyl sites for hydroxylation is 1. The number of rotatable bonds is 5. The minimum absolute atomic E-state index is 0.239. The number of aromatic hydroxyl groups is 1. The number of aromatic nitrogens is 1. The van der Waals surface area contributed by atoms with E-state index in [0.29, 0.717) is 18.2 Å². The molecule has 0 bridgehead atoms. The third kappa shape index (κ3) is 4.20. The molecule has 1 aromatic heterocycles. The molecule has 5 nitrogen and oxygen atoms in total. The summed E-state index contributed by atoms with van der Waals surface area (Å²) >= 11 is 0. The molecule has 0 amide bonds. The van der Waals surface area contributed by atoms with Gasteiger partial charge in [-0.25, -0.2) is 0 Å². The van der Waals surface area contributed by atoms with Crippen LogP contribution in [-0.2, 0) is 11.3 Å². The fourth-order valence-electron chi connectivity index (χ4n) is 2.79. The van der Waals surface area contributed by atoms with Crippen molar-refractivity contribution >= 4 is 5.97 Å². The van der Waals surface area contributed by atoms with Crippen molar-refractivity contribution in [1.82, 2.24) is 9.88 Å². The zero-order valence-corrected chi connectivity index (χ0v) is 11.9. The first-order valence-corrected chi connectivity index (χ1v) is 7.14. The second kappa shape index (κ2) is 6.70. The predicted octanol–water partition coefficient (Wildman–Crippen LogP) is 2.17. The van der Waals surface area contributed by atoms with E-state index in [1.54, 1.807) is 12.1 Å². The summed E-state index contributed by atoms with van der Waals surface area (Å²) in [6.45, 7) is 4.42. The van der Waals surface area contributed by atoms with E-state index in [2.05, 4.69) is 9.88 Å². The van der Waals surface area contributed by atoms with E-state index in [1.165, 1.54) is 0 Å². The van der Waals surface area contributed by atoms with E-state index in [-0.39, 0.29) is 12.2 Å². The van der Waals surface area contributed by atoms with Gasteiger partial charge in [0.15, 0.2) is 0 Å². The second-order valence-corrected chi connectivity index (χ2v) is 5.59. The number of pyridine rings is 1. The highest BCUT2D eigenvalue weighted by Crippen LogP contribution is 2.24. The molecular weight excluding hydrogens is 256 g/mol. The Kier molecular flexibility index (Phi) is 4.95. The normalized spacial score (nSPS) is 19.9. The number of carboxylic acid groups (broad SMARTS) is 1. The van der Waals surface area contributed by atoms with Crippen LogP contribution < -0.4 is 0 Å². The lowest BCUT2D eigenvalue weighted by atomic mass is 9.93. The van der Waals surface area contributed by atoms with Crippen LogP contribution in [0.2, 0.25) is 0 Å². The van der Waals surface area contributed by atoms with E-state index in [9.17, 15) is 9.90 Å². The van der Waals surface area contributed by atoms with Crippen LogP contribution in [0.4, 0.5) is 0 Å². The van der Waals surface area contributed by atoms with Crippen molar-refractivity contribution in [1.29, 1.82) is 0 Å². The Labute approximate surface area is 119 Å². The van der Waals surface area contributed by atoms with Crippen molar-refractivity contribution in [2.45, 2.75) is 39.2 Å². The lowest BCUT2D eigenvalue weighted by molar-refractivity contribution is -0.137. The van der Waals surface area contributed by atoms with Crippen LogP contribution in [0.1, 0.15) is 37.1 Å². The molecule has 0 spiro atoms. The lowest BCUT2D eigenvalue weighted by Gasteiger charge is -2.32. The summed E-state index contributed by atoms with van der Waals surface area (Å²) in [6, 6.07) is 3.48. The molecule has 0 radical (unpaired) electrons. The Morgan fingerprint density at radius 2 is 2.30 bits per heavy atom. The smallest absolute Gasteiger partial charge is 0.303 e. The highest BCUT2D eigenvalue weighted by atomic mass is 16.4. The molecule has 5 heteroatoms. The second-order valence-electron chi connectivity index (χ2n) is 5.59. The van der Waals surface area contributed by atoms with E-state index in [0.717, 1.165) is 38.0 Å². The van der Waals surface area contributed by atoms with Crippen LogP contribution in [0.3, 0.4) is 0 Å². The van der Waals surface area contributed by atoms with Crippen molar-refractivity contribution < 1.29 is 15.0 Å². The standard InChI is InChI=1S/C15H22N2O3/c1-11-4-6-14(18)13(16-11)10-17-8-2-3-12(9-17)5-7-15(19)20/h4,6,12,18H,2-3,5,7-10H2,1H3,(H,19,20). The molecule has 20 heavy (non-hydrogen) atoms. The Balaban J connectivity index is 1.92. The van der Waals surface area contributed by atoms with Crippen LogP contribution in [0, 0.1) is 12.8 Å². The van der Waals surface area contributed by atoms with Gasteiger partial charge in [-0.2, -0.15) is 0 Å². The molecule has 2 N–H and O–H groups in total. The largest absolute Gasteiger partial charge is 0.506 e. The average Bonchev–Trinajstić information content (AvgIpc) is 2.41. The van der Waals surface area contributed by atoms with Crippen LogP contribution >= 0.6 is 0 Å². The summed E-state index contributed by atoms with van der Waals surface area (Å²) in [7, 11) is 0. The molecule has 1 aliphatic rings. The maximum absolute atomic E-state index is 10.6. The van der Waals surface area contributed by atoms with Crippen LogP contribution in [0.25, 0.3) is 0 Å². The van der Waals surface area contributed by atoms with Gasteiger partial charge in [-0.05, 0) is 50.8 Å². The maximum Gasteiger partial charge on any atom is 0.303 e. The van der Waals surface area contributed by atoms with Crippen molar-refractivity contribution in [3.05, 3.63) is 23.5 Å². The van der Waals surface area contributed by atoms with Gasteiger partial charge >= 0.3 is 5.97 Å². The number of carboxylic acids is 1. The number of hydrogen-bond acceptors (Lipinski definition) is 4. The minimum Gasteiger partial charge on any atom is -0.506 e. The minimum atomic E-state index is -0.722. The van der Waals surface area contributed by atoms with Gasteiger partial charge in [0.25, 0.3) is 0 Å². The first kappa shape index (κ1) is 14.8. The molecule has 1 aromatic rings. The summed E-state index contributed by atoms with van der Waals surface area (Å²) < 4.78 is 0. The van der Waals surface area contributed by atoms with E-state index < -0.39 is 5.97 Å². The van der Waals surface area contributed by atoms with Crippen molar-refractivity contribution in [2.24, 2.45) is 5.92 Å². The monoisotopic (exact) mass is 278 g/mol. The molecule has 0 saturated carbocycles. The quantitative estimate of drug-likeness (QED) is 0.863. The van der Waals surface area contributed by atoms with E-state index >= 15 is 0 Å². The lowest BCUT2D eigenvalue weighted by Crippen LogP contribution is -2.35. The predicted molar refractivity (Wildman–Crippen MR) is 75.5 cm³/mol. The molecule has 0 aliphatic carbocycles. The van der Waals surface area contributed by atoms with Gasteiger partial charge in [-0.15, -0.1) is 0 Å². The number of likely N-dealkylation sites (tertiary alicyclic amines) is 1. The fraction of sp³-hybridized carbons (Fsp3) is 0.600. The molecule has 0 aromatic carbocycles. The third-order valence-corrected chi connectivity index (χ3v) is 3.83. The highest BCUT2D eigenvalue weighted by molar-refractivity contribution is 5.66. The molecule has 1 unspecified atom stereocenters. The van der Waals surface area contributed by atoms with Gasteiger partial charge < -0.3 is 10.2 Å². The van der Waals surface area contributed by atoms with Crippen LogP contribution in [0.15, 0.2) is 12.1 Å². The molecule has 1 fully saturated rings.